The van der Waals surface area contributed by atoms with Gasteiger partial charge in [0.15, 0.2) is 7.28 Å². The second kappa shape index (κ2) is 11.6. The van der Waals surface area contributed by atoms with E-state index in [1.54, 1.807) is 11.8 Å². The molecule has 3 aliphatic heterocycles. The maximum absolute atomic E-state index is 6.65. The van der Waals surface area contributed by atoms with Crippen LogP contribution >= 0.6 is 11.8 Å². The summed E-state index contributed by atoms with van der Waals surface area (Å²) in [5, 5.41) is 3.91. The van der Waals surface area contributed by atoms with Crippen LogP contribution in [0.15, 0.2) is 113 Å². The minimum absolute atomic E-state index is 0.0792. The summed E-state index contributed by atoms with van der Waals surface area (Å²) in [5.74, 6) is 1.83. The van der Waals surface area contributed by atoms with Crippen molar-refractivity contribution in [3.63, 3.8) is 0 Å². The second-order valence-electron chi connectivity index (χ2n) is 17.7. The molecule has 0 aromatic heterocycles. The first-order valence-corrected chi connectivity index (χ1v) is 20.2. The number of nitrogens with zero attached hydrogens (tertiary/aromatic N) is 1. The highest BCUT2D eigenvalue weighted by Crippen LogP contribution is 2.53. The average Bonchev–Trinajstić information content (AvgIpc) is 3.14. The minimum Gasteiger partial charge on any atom is -0.455 e. The van der Waals surface area contributed by atoms with Crippen LogP contribution in [0.25, 0.3) is 11.1 Å². The number of rotatable bonds is 2. The fourth-order valence-corrected chi connectivity index (χ4v) is 10.6. The van der Waals surface area contributed by atoms with Gasteiger partial charge in [-0.05, 0) is 118 Å². The van der Waals surface area contributed by atoms with Crippen LogP contribution < -0.4 is 25.9 Å². The molecule has 0 atom stereocenters. The summed E-state index contributed by atoms with van der Waals surface area (Å²) in [6, 6.07) is 38.4. The molecule has 4 aliphatic rings. The SMILES string of the molecule is Cc1cc(-c2cccc3c2Nc2ccccc2C3(C)C)c2c(c1)N(c1cc3c(cc1C)C(C)(C)CCC3(C)C)c1cc3c(cc1[B]2)Sc1ccccc1O3. The Morgan fingerprint density at radius 1 is 0.630 bits per heavy atom. The maximum atomic E-state index is 6.65. The Kier molecular flexibility index (Phi) is 7.22. The smallest absolute Gasteiger partial charge is 0.197 e. The fourth-order valence-electron chi connectivity index (χ4n) is 9.57. The molecule has 0 saturated carbocycles. The first-order valence-electron chi connectivity index (χ1n) is 19.4. The van der Waals surface area contributed by atoms with Gasteiger partial charge < -0.3 is 15.0 Å². The van der Waals surface area contributed by atoms with E-state index in [-0.39, 0.29) is 16.2 Å². The Hall–Kier alpha value is -4.87. The summed E-state index contributed by atoms with van der Waals surface area (Å²) in [6.45, 7) is 19.0. The number of ether oxygens (including phenoxy) is 1. The highest BCUT2D eigenvalue weighted by molar-refractivity contribution is 7.99. The highest BCUT2D eigenvalue weighted by atomic mass is 32.2. The molecule has 54 heavy (non-hydrogen) atoms. The van der Waals surface area contributed by atoms with Gasteiger partial charge in [0.25, 0.3) is 0 Å². The van der Waals surface area contributed by atoms with Gasteiger partial charge in [-0.3, -0.25) is 0 Å². The molecule has 0 bridgehead atoms. The molecule has 5 heteroatoms. The number of hydrogen-bond donors (Lipinski definition) is 1. The molecular weight excluding hydrogens is 675 g/mol. The molecule has 6 aromatic carbocycles. The normalized spacial score (nSPS) is 17.5. The Morgan fingerprint density at radius 3 is 2.17 bits per heavy atom. The van der Waals surface area contributed by atoms with E-state index in [1.165, 1.54) is 91.0 Å². The largest absolute Gasteiger partial charge is 0.455 e. The topological polar surface area (TPSA) is 24.5 Å². The zero-order valence-corrected chi connectivity index (χ0v) is 33.4. The summed E-state index contributed by atoms with van der Waals surface area (Å²) in [5.41, 5.74) is 19.0. The van der Waals surface area contributed by atoms with E-state index in [9.17, 15) is 0 Å². The van der Waals surface area contributed by atoms with Crippen LogP contribution in [0.5, 0.6) is 11.5 Å². The zero-order valence-electron chi connectivity index (χ0n) is 32.6. The van der Waals surface area contributed by atoms with E-state index in [4.69, 9.17) is 4.74 Å². The number of aryl methyl sites for hydroxylation is 2. The average molecular weight is 722 g/mol. The van der Waals surface area contributed by atoms with Crippen LogP contribution in [0.3, 0.4) is 0 Å². The number of fused-ring (bicyclic) bond motifs is 7. The molecule has 10 rings (SSSR count). The quantitative estimate of drug-likeness (QED) is 0.180. The number of hydrogen-bond acceptors (Lipinski definition) is 4. The highest BCUT2D eigenvalue weighted by Gasteiger charge is 2.40. The van der Waals surface area contributed by atoms with Crippen molar-refractivity contribution in [3.05, 3.63) is 137 Å². The van der Waals surface area contributed by atoms with Crippen molar-refractivity contribution in [1.29, 1.82) is 0 Å². The van der Waals surface area contributed by atoms with Crippen LogP contribution in [-0.2, 0) is 16.2 Å². The van der Waals surface area contributed by atoms with Gasteiger partial charge in [-0.25, -0.2) is 0 Å². The molecular formula is C49H46BN2OS. The third-order valence-corrected chi connectivity index (χ3v) is 13.9. The van der Waals surface area contributed by atoms with E-state index in [2.05, 4.69) is 176 Å². The molecule has 3 nitrogen and oxygen atoms in total. The minimum atomic E-state index is -0.146. The number of anilines is 5. The molecule has 6 aromatic rings. The lowest BCUT2D eigenvalue weighted by Gasteiger charge is -2.44. The standard InChI is InChI=1S/C49H46BN2OS/c1-28-22-31(30-14-13-16-33-46(30)51-37-17-10-9-15-32(37)49(33,7)8)45-40(23-28)52(38-25-35-34(24-29(38)2)47(3,4)20-21-48(35,5)6)39-27-42-44(26-36(39)50-45)54-43-19-12-11-18-41(43)53-42/h9-19,22-27,51H,20-21H2,1-8H3. The third kappa shape index (κ3) is 4.97. The van der Waals surface area contributed by atoms with E-state index in [0.717, 1.165) is 27.0 Å². The molecule has 0 unspecified atom stereocenters. The summed E-state index contributed by atoms with van der Waals surface area (Å²) in [7, 11) is 2.43. The molecule has 1 radical (unpaired) electrons. The van der Waals surface area contributed by atoms with Gasteiger partial charge >= 0.3 is 0 Å². The summed E-state index contributed by atoms with van der Waals surface area (Å²) >= 11 is 1.80. The molecule has 267 valence electrons. The molecule has 0 spiro atoms. The molecule has 1 aliphatic carbocycles. The second-order valence-corrected chi connectivity index (χ2v) is 18.8. The molecule has 0 amide bonds. The van der Waals surface area contributed by atoms with Gasteiger partial charge in [0.1, 0.15) is 11.5 Å². The van der Waals surface area contributed by atoms with Gasteiger partial charge in [0, 0.05) is 39.8 Å². The predicted octanol–water partition coefficient (Wildman–Crippen LogP) is 12.4. The lowest BCUT2D eigenvalue weighted by molar-refractivity contribution is 0.332. The number of benzene rings is 6. The van der Waals surface area contributed by atoms with Crippen LogP contribution in [-0.4, -0.2) is 7.28 Å². The molecule has 0 saturated heterocycles. The predicted molar refractivity (Wildman–Crippen MR) is 229 cm³/mol. The van der Waals surface area contributed by atoms with Crippen LogP contribution in [0.1, 0.15) is 87.8 Å². The lowest BCUT2D eigenvalue weighted by atomic mass is 9.57. The number of para-hydroxylation sites is 3. The van der Waals surface area contributed by atoms with Gasteiger partial charge in [0.05, 0.1) is 15.5 Å². The lowest BCUT2D eigenvalue weighted by Crippen LogP contribution is -2.42. The van der Waals surface area contributed by atoms with Crippen LogP contribution in [0, 0.1) is 13.8 Å². The van der Waals surface area contributed by atoms with Crippen molar-refractivity contribution in [2.24, 2.45) is 0 Å². The van der Waals surface area contributed by atoms with E-state index in [0.29, 0.717) is 0 Å². The first kappa shape index (κ1) is 33.7. The molecule has 1 N–H and O–H groups in total. The molecule has 0 fully saturated rings. The van der Waals surface area contributed by atoms with Crippen molar-refractivity contribution in [3.8, 4) is 22.6 Å². The van der Waals surface area contributed by atoms with Crippen molar-refractivity contribution < 1.29 is 4.74 Å². The van der Waals surface area contributed by atoms with Gasteiger partial charge in [-0.1, -0.05) is 119 Å². The van der Waals surface area contributed by atoms with Gasteiger partial charge in [-0.2, -0.15) is 0 Å². The number of nitrogens with one attached hydrogen (secondary N) is 1. The van der Waals surface area contributed by atoms with Crippen LogP contribution in [0.2, 0.25) is 0 Å². The summed E-state index contributed by atoms with van der Waals surface area (Å²) in [6.07, 6.45) is 2.36. The van der Waals surface area contributed by atoms with Gasteiger partial charge in [-0.15, -0.1) is 0 Å². The van der Waals surface area contributed by atoms with Crippen molar-refractivity contribution in [2.75, 3.05) is 10.2 Å². The van der Waals surface area contributed by atoms with Gasteiger partial charge in [0.2, 0.25) is 0 Å². The first-order chi connectivity index (χ1) is 25.8. The Labute approximate surface area is 325 Å². The van der Waals surface area contributed by atoms with E-state index >= 15 is 0 Å². The fraction of sp³-hybridized carbons (Fsp3) is 0.265. The van der Waals surface area contributed by atoms with Crippen molar-refractivity contribution in [2.45, 2.75) is 94.3 Å². The Morgan fingerprint density at radius 2 is 1.35 bits per heavy atom. The third-order valence-electron chi connectivity index (χ3n) is 12.8. The summed E-state index contributed by atoms with van der Waals surface area (Å²) < 4.78 is 6.65. The zero-order chi connectivity index (χ0) is 37.3. The van der Waals surface area contributed by atoms with Crippen molar-refractivity contribution in [1.82, 2.24) is 0 Å². The van der Waals surface area contributed by atoms with Crippen molar-refractivity contribution >= 4 is 58.4 Å². The van der Waals surface area contributed by atoms with E-state index in [1.807, 2.05) is 0 Å². The summed E-state index contributed by atoms with van der Waals surface area (Å²) in [4.78, 5) is 4.84. The Balaban J connectivity index is 1.22. The maximum Gasteiger partial charge on any atom is 0.197 e. The Bertz CT molecular complexity index is 2580. The van der Waals surface area contributed by atoms with E-state index < -0.39 is 0 Å². The monoisotopic (exact) mass is 721 g/mol. The van der Waals surface area contributed by atoms with Crippen LogP contribution in [0.4, 0.5) is 28.4 Å². The molecule has 3 heterocycles.